The lowest BCUT2D eigenvalue weighted by atomic mass is 10.1. The number of rotatable bonds is 6. The zero-order chi connectivity index (χ0) is 18.5. The van der Waals surface area contributed by atoms with E-state index in [1.54, 1.807) is 12.3 Å². The minimum atomic E-state index is -0.160. The van der Waals surface area contributed by atoms with Gasteiger partial charge in [0.05, 0.1) is 5.69 Å². The molecule has 6 nitrogen and oxygen atoms in total. The van der Waals surface area contributed by atoms with Gasteiger partial charge in [-0.15, -0.1) is 5.10 Å². The maximum absolute atomic E-state index is 12.2. The van der Waals surface area contributed by atoms with Gasteiger partial charge in [-0.05, 0) is 54.6 Å². The van der Waals surface area contributed by atoms with Crippen LogP contribution in [0.1, 0.15) is 39.0 Å². The lowest BCUT2D eigenvalue weighted by Crippen LogP contribution is -2.23. The Labute approximate surface area is 156 Å². The van der Waals surface area contributed by atoms with E-state index in [1.807, 2.05) is 45.0 Å². The molecule has 3 rings (SSSR count). The Bertz CT molecular complexity index is 906. The highest BCUT2D eigenvalue weighted by atomic mass is 32.1. The third-order valence-corrected chi connectivity index (χ3v) is 4.67. The van der Waals surface area contributed by atoms with Crippen molar-refractivity contribution in [1.29, 1.82) is 0 Å². The van der Waals surface area contributed by atoms with Crippen LogP contribution >= 0.6 is 11.5 Å². The first-order valence-electron chi connectivity index (χ1n) is 8.36. The minimum Gasteiger partial charge on any atom is -0.439 e. The van der Waals surface area contributed by atoms with Crippen molar-refractivity contribution >= 4 is 17.4 Å². The van der Waals surface area contributed by atoms with E-state index in [4.69, 9.17) is 4.74 Å². The maximum atomic E-state index is 12.2. The van der Waals surface area contributed by atoms with Crippen LogP contribution in [0, 0.1) is 13.8 Å². The molecule has 1 N–H and O–H groups in total. The van der Waals surface area contributed by atoms with Crippen molar-refractivity contribution in [2.45, 2.75) is 33.7 Å². The van der Waals surface area contributed by atoms with Crippen LogP contribution in [0.5, 0.6) is 11.6 Å². The van der Waals surface area contributed by atoms with E-state index in [0.717, 1.165) is 39.7 Å². The van der Waals surface area contributed by atoms with Gasteiger partial charge in [-0.2, -0.15) is 0 Å². The second kappa shape index (κ2) is 8.05. The van der Waals surface area contributed by atoms with Crippen molar-refractivity contribution < 1.29 is 9.53 Å². The van der Waals surface area contributed by atoms with Crippen molar-refractivity contribution in [1.82, 2.24) is 19.9 Å². The zero-order valence-electron chi connectivity index (χ0n) is 14.9. The number of hydrogen-bond acceptors (Lipinski definition) is 6. The summed E-state index contributed by atoms with van der Waals surface area (Å²) in [4.78, 5) is 17.1. The Balaban J connectivity index is 1.61. The average Bonchev–Trinajstić information content (AvgIpc) is 3.13. The van der Waals surface area contributed by atoms with Crippen molar-refractivity contribution in [2.24, 2.45) is 0 Å². The van der Waals surface area contributed by atoms with Crippen LogP contribution in [0.15, 0.2) is 36.5 Å². The average molecular weight is 368 g/mol. The summed E-state index contributed by atoms with van der Waals surface area (Å²) >= 11 is 1.11. The molecule has 134 valence electrons. The van der Waals surface area contributed by atoms with Crippen molar-refractivity contribution in [3.63, 3.8) is 0 Å². The molecule has 0 atom stereocenters. The normalized spacial score (nSPS) is 10.6. The molecule has 0 saturated heterocycles. The van der Waals surface area contributed by atoms with Crippen LogP contribution in [-0.4, -0.2) is 20.5 Å². The Kier molecular flexibility index (Phi) is 5.58. The van der Waals surface area contributed by atoms with E-state index in [9.17, 15) is 4.79 Å². The van der Waals surface area contributed by atoms with Gasteiger partial charge in [0, 0.05) is 18.8 Å². The van der Waals surface area contributed by atoms with Crippen LogP contribution in [-0.2, 0) is 13.0 Å². The smallest absolute Gasteiger partial charge is 0.265 e. The van der Waals surface area contributed by atoms with Gasteiger partial charge in [-0.1, -0.05) is 29.6 Å². The van der Waals surface area contributed by atoms with E-state index in [-0.39, 0.29) is 5.91 Å². The molecule has 0 aliphatic heterocycles. The number of carbonyl (C=O) groups excluding carboxylic acids is 1. The van der Waals surface area contributed by atoms with E-state index in [1.165, 1.54) is 0 Å². The number of ether oxygens (including phenoxy) is 1. The van der Waals surface area contributed by atoms with Gasteiger partial charge in [0.2, 0.25) is 5.88 Å². The molecule has 0 aliphatic carbocycles. The summed E-state index contributed by atoms with van der Waals surface area (Å²) in [5.41, 5.74) is 3.80. The van der Waals surface area contributed by atoms with Gasteiger partial charge in [-0.25, -0.2) is 4.98 Å². The van der Waals surface area contributed by atoms with E-state index < -0.39 is 0 Å². The molecule has 0 bridgehead atoms. The second-order valence-electron chi connectivity index (χ2n) is 5.96. The molecule has 7 heteroatoms. The van der Waals surface area contributed by atoms with Gasteiger partial charge in [0.15, 0.2) is 0 Å². The lowest BCUT2D eigenvalue weighted by Gasteiger charge is -2.09. The highest BCUT2D eigenvalue weighted by Crippen LogP contribution is 2.24. The number of benzene rings is 1. The number of carbonyl (C=O) groups is 1. The molecule has 1 amide bonds. The van der Waals surface area contributed by atoms with Crippen LogP contribution < -0.4 is 10.1 Å². The third-order valence-electron chi connectivity index (χ3n) is 3.91. The number of hydrogen-bond donors (Lipinski definition) is 1. The number of nitrogens with one attached hydrogen (secondary N) is 1. The molecular formula is C19H20N4O2S. The highest BCUT2D eigenvalue weighted by Gasteiger charge is 2.14. The molecule has 0 fully saturated rings. The summed E-state index contributed by atoms with van der Waals surface area (Å²) in [6.45, 7) is 6.36. The molecule has 0 aliphatic rings. The standard InChI is InChI=1S/C19H20N4O2S/c1-4-15-18(26-23-22-15)19(24)21-11-14-7-8-17(20-10-14)25-16-9-12(2)5-6-13(16)3/h5-10H,4,11H2,1-3H3,(H,21,24). The number of aryl methyl sites for hydroxylation is 3. The summed E-state index contributed by atoms with van der Waals surface area (Å²) in [5.74, 6) is 1.16. The quantitative estimate of drug-likeness (QED) is 0.715. The Morgan fingerprint density at radius 1 is 1.23 bits per heavy atom. The first-order chi connectivity index (χ1) is 12.6. The third kappa shape index (κ3) is 4.23. The van der Waals surface area contributed by atoms with Gasteiger partial charge in [0.1, 0.15) is 10.6 Å². The summed E-state index contributed by atoms with van der Waals surface area (Å²) < 4.78 is 9.68. The van der Waals surface area contributed by atoms with Gasteiger partial charge in [0.25, 0.3) is 5.91 Å². The van der Waals surface area contributed by atoms with E-state index in [2.05, 4.69) is 19.9 Å². The van der Waals surface area contributed by atoms with Crippen molar-refractivity contribution in [3.05, 3.63) is 63.8 Å². The molecule has 3 aromatic rings. The van der Waals surface area contributed by atoms with Crippen LogP contribution in [0.4, 0.5) is 0 Å². The predicted molar refractivity (Wildman–Crippen MR) is 101 cm³/mol. The summed E-state index contributed by atoms with van der Waals surface area (Å²) in [6, 6.07) is 9.74. The number of amides is 1. The minimum absolute atomic E-state index is 0.160. The lowest BCUT2D eigenvalue weighted by molar-refractivity contribution is 0.0954. The monoisotopic (exact) mass is 368 g/mol. The van der Waals surface area contributed by atoms with E-state index in [0.29, 0.717) is 23.7 Å². The molecule has 0 saturated carbocycles. The maximum Gasteiger partial charge on any atom is 0.265 e. The van der Waals surface area contributed by atoms with Gasteiger partial charge < -0.3 is 10.1 Å². The zero-order valence-corrected chi connectivity index (χ0v) is 15.8. The van der Waals surface area contributed by atoms with Gasteiger partial charge >= 0.3 is 0 Å². The molecular weight excluding hydrogens is 348 g/mol. The van der Waals surface area contributed by atoms with Crippen molar-refractivity contribution in [3.8, 4) is 11.6 Å². The molecule has 26 heavy (non-hydrogen) atoms. The molecule has 1 aromatic carbocycles. The number of nitrogens with zero attached hydrogens (tertiary/aromatic N) is 3. The number of pyridine rings is 1. The largest absolute Gasteiger partial charge is 0.439 e. The summed E-state index contributed by atoms with van der Waals surface area (Å²) in [7, 11) is 0. The fourth-order valence-corrected chi connectivity index (χ4v) is 3.05. The highest BCUT2D eigenvalue weighted by molar-refractivity contribution is 7.08. The topological polar surface area (TPSA) is 77.0 Å². The fraction of sp³-hybridized carbons (Fsp3) is 0.263. The van der Waals surface area contributed by atoms with E-state index >= 15 is 0 Å². The molecule has 0 unspecified atom stereocenters. The number of aromatic nitrogens is 3. The van der Waals surface area contributed by atoms with Crippen molar-refractivity contribution in [2.75, 3.05) is 0 Å². The molecule has 0 radical (unpaired) electrons. The summed E-state index contributed by atoms with van der Waals surface area (Å²) in [6.07, 6.45) is 2.39. The first-order valence-corrected chi connectivity index (χ1v) is 9.13. The first kappa shape index (κ1) is 18.0. The molecule has 0 spiro atoms. The SMILES string of the molecule is CCc1nnsc1C(=O)NCc1ccc(Oc2cc(C)ccc2C)nc1. The van der Waals surface area contributed by atoms with Crippen LogP contribution in [0.25, 0.3) is 0 Å². The second-order valence-corrected chi connectivity index (χ2v) is 6.71. The fourth-order valence-electron chi connectivity index (χ4n) is 2.38. The van der Waals surface area contributed by atoms with Crippen LogP contribution in [0.2, 0.25) is 0 Å². The molecule has 2 heterocycles. The molecule has 2 aromatic heterocycles. The Morgan fingerprint density at radius 3 is 2.81 bits per heavy atom. The van der Waals surface area contributed by atoms with Gasteiger partial charge in [-0.3, -0.25) is 4.79 Å². The predicted octanol–water partition coefficient (Wildman–Crippen LogP) is 3.83. The Morgan fingerprint density at radius 2 is 2.08 bits per heavy atom. The summed E-state index contributed by atoms with van der Waals surface area (Å²) in [5, 5.41) is 6.83. The van der Waals surface area contributed by atoms with Crippen LogP contribution in [0.3, 0.4) is 0 Å². The Hall–Kier alpha value is -2.80.